The Morgan fingerprint density at radius 1 is 1.12 bits per heavy atom. The molecule has 138 valence electrons. The van der Waals surface area contributed by atoms with Crippen LogP contribution in [0.15, 0.2) is 40.6 Å². The van der Waals surface area contributed by atoms with Gasteiger partial charge in [-0.2, -0.15) is 4.31 Å². The first-order valence-electron chi connectivity index (χ1n) is 8.17. The zero-order valence-electron chi connectivity index (χ0n) is 13.9. The molecule has 26 heavy (non-hydrogen) atoms. The van der Waals surface area contributed by atoms with Crippen LogP contribution in [0.25, 0.3) is 11.6 Å². The minimum absolute atomic E-state index is 0.0943. The maximum Gasteiger partial charge on any atom is 0.252 e. The minimum Gasteiger partial charge on any atom is -0.545 e. The van der Waals surface area contributed by atoms with E-state index in [0.29, 0.717) is 28.6 Å². The summed E-state index contributed by atoms with van der Waals surface area (Å²) in [4.78, 5) is 11.9. The number of benzene rings is 1. The van der Waals surface area contributed by atoms with E-state index in [1.807, 2.05) is 0 Å². The normalized spacial score (nSPS) is 16.6. The van der Waals surface area contributed by atoms with Gasteiger partial charge in [0.25, 0.3) is 10.0 Å². The monoisotopic (exact) mass is 410 g/mol. The van der Waals surface area contributed by atoms with Crippen molar-refractivity contribution < 1.29 is 18.3 Å². The van der Waals surface area contributed by atoms with Gasteiger partial charge >= 0.3 is 0 Å². The van der Waals surface area contributed by atoms with Gasteiger partial charge in [0.15, 0.2) is 0 Å². The molecule has 1 aliphatic heterocycles. The first kappa shape index (κ1) is 19.1. The van der Waals surface area contributed by atoms with Crippen molar-refractivity contribution in [2.75, 3.05) is 13.1 Å². The van der Waals surface area contributed by atoms with Crippen LogP contribution in [0.5, 0.6) is 0 Å². The van der Waals surface area contributed by atoms with Gasteiger partial charge in [0, 0.05) is 28.6 Å². The number of piperidine rings is 1. The second kappa shape index (κ2) is 7.92. The molecule has 0 aliphatic carbocycles. The van der Waals surface area contributed by atoms with E-state index in [-0.39, 0.29) is 9.78 Å². The van der Waals surface area contributed by atoms with Crippen LogP contribution in [0.1, 0.15) is 29.7 Å². The molecule has 2 heterocycles. The molecule has 1 aromatic carbocycles. The summed E-state index contributed by atoms with van der Waals surface area (Å²) in [5, 5.41) is 12.0. The fourth-order valence-electron chi connectivity index (χ4n) is 2.81. The SMILES string of the molecule is O=C([O-])/C(=C\c1ccccc1Cl)c1ccc(S(=O)(=O)N2CCCCC2)s1. The highest BCUT2D eigenvalue weighted by Crippen LogP contribution is 2.32. The lowest BCUT2D eigenvalue weighted by atomic mass is 10.1. The largest absolute Gasteiger partial charge is 0.545 e. The molecule has 0 saturated carbocycles. The van der Waals surface area contributed by atoms with Crippen LogP contribution in [0.4, 0.5) is 0 Å². The Hall–Kier alpha value is -1.67. The molecule has 0 atom stereocenters. The third-order valence-electron chi connectivity index (χ3n) is 4.18. The number of aliphatic carboxylic acids is 1. The highest BCUT2D eigenvalue weighted by molar-refractivity contribution is 7.91. The average molecular weight is 411 g/mol. The standard InChI is InChI=1S/C18H18ClNO4S2/c19-15-7-3-2-6-13(15)12-14(18(21)22)16-8-9-17(25-16)26(23,24)20-10-4-1-5-11-20/h2-3,6-9,12H,1,4-5,10-11H2,(H,21,22)/p-1/b14-12-. The van der Waals surface area contributed by atoms with Crippen molar-refractivity contribution in [3.63, 3.8) is 0 Å². The third kappa shape index (κ3) is 4.01. The van der Waals surface area contributed by atoms with E-state index >= 15 is 0 Å². The molecule has 1 aromatic heterocycles. The number of carboxylic acid groups (broad SMARTS) is 1. The number of hydrogen-bond donors (Lipinski definition) is 0. The molecule has 8 heteroatoms. The molecule has 0 bridgehead atoms. The van der Waals surface area contributed by atoms with Gasteiger partial charge in [-0.3, -0.25) is 0 Å². The summed E-state index contributed by atoms with van der Waals surface area (Å²) < 4.78 is 27.1. The summed E-state index contributed by atoms with van der Waals surface area (Å²) in [5.74, 6) is -1.38. The number of nitrogens with zero attached hydrogens (tertiary/aromatic N) is 1. The van der Waals surface area contributed by atoms with E-state index in [4.69, 9.17) is 11.6 Å². The van der Waals surface area contributed by atoms with Crippen LogP contribution in [-0.4, -0.2) is 31.8 Å². The number of halogens is 1. The molecule has 1 fully saturated rings. The van der Waals surface area contributed by atoms with Crippen molar-refractivity contribution in [3.05, 3.63) is 51.9 Å². The van der Waals surface area contributed by atoms with Crippen LogP contribution < -0.4 is 5.11 Å². The number of hydrogen-bond acceptors (Lipinski definition) is 5. The van der Waals surface area contributed by atoms with Gasteiger partial charge in [-0.05, 0) is 42.7 Å². The molecular formula is C18H17ClNO4S2-. The summed E-state index contributed by atoms with van der Waals surface area (Å²) in [6, 6.07) is 9.77. The molecule has 0 N–H and O–H groups in total. The first-order valence-corrected chi connectivity index (χ1v) is 10.8. The molecule has 1 aliphatic rings. The van der Waals surface area contributed by atoms with E-state index in [0.717, 1.165) is 30.6 Å². The van der Waals surface area contributed by atoms with E-state index < -0.39 is 16.0 Å². The lowest BCUT2D eigenvalue weighted by Gasteiger charge is -2.25. The van der Waals surface area contributed by atoms with Crippen molar-refractivity contribution in [2.45, 2.75) is 23.5 Å². The van der Waals surface area contributed by atoms with Crippen LogP contribution in [0.2, 0.25) is 5.02 Å². The lowest BCUT2D eigenvalue weighted by molar-refractivity contribution is -0.295. The van der Waals surface area contributed by atoms with E-state index in [1.165, 1.54) is 22.5 Å². The van der Waals surface area contributed by atoms with E-state index in [1.54, 1.807) is 24.3 Å². The highest BCUT2D eigenvalue weighted by Gasteiger charge is 2.27. The lowest BCUT2D eigenvalue weighted by Crippen LogP contribution is -2.35. The maximum absolute atomic E-state index is 12.7. The second-order valence-electron chi connectivity index (χ2n) is 5.95. The molecule has 0 amide bonds. The number of thiophene rings is 1. The third-order valence-corrected chi connectivity index (χ3v) is 8.01. The fourth-order valence-corrected chi connectivity index (χ4v) is 5.99. The molecule has 1 saturated heterocycles. The van der Waals surface area contributed by atoms with Crippen LogP contribution in [0, 0.1) is 0 Å². The number of sulfonamides is 1. The highest BCUT2D eigenvalue weighted by atomic mass is 35.5. The Labute approximate surface area is 161 Å². The number of carbonyl (C=O) groups excluding carboxylic acids is 1. The van der Waals surface area contributed by atoms with Crippen molar-refractivity contribution in [1.29, 1.82) is 0 Å². The first-order chi connectivity index (χ1) is 12.4. The van der Waals surface area contributed by atoms with Crippen molar-refractivity contribution in [3.8, 4) is 0 Å². The predicted octanol–water partition coefficient (Wildman–Crippen LogP) is 2.87. The van der Waals surface area contributed by atoms with Crippen molar-refractivity contribution in [1.82, 2.24) is 4.31 Å². The molecule has 0 spiro atoms. The molecule has 2 aromatic rings. The Morgan fingerprint density at radius 3 is 2.46 bits per heavy atom. The van der Waals surface area contributed by atoms with Crippen LogP contribution in [-0.2, 0) is 14.8 Å². The summed E-state index contributed by atoms with van der Waals surface area (Å²) in [6.45, 7) is 0.997. The average Bonchev–Trinajstić information content (AvgIpc) is 3.12. The van der Waals surface area contributed by atoms with Crippen LogP contribution >= 0.6 is 22.9 Å². The molecule has 5 nitrogen and oxygen atoms in total. The van der Waals surface area contributed by atoms with Crippen LogP contribution in [0.3, 0.4) is 0 Å². The van der Waals surface area contributed by atoms with Crippen molar-refractivity contribution in [2.24, 2.45) is 0 Å². The van der Waals surface area contributed by atoms with Crippen molar-refractivity contribution >= 4 is 50.6 Å². The zero-order chi connectivity index (χ0) is 18.7. The number of rotatable bonds is 5. The van der Waals surface area contributed by atoms with E-state index in [9.17, 15) is 18.3 Å². The summed E-state index contributed by atoms with van der Waals surface area (Å²) >= 11 is 7.02. The zero-order valence-corrected chi connectivity index (χ0v) is 16.2. The predicted molar refractivity (Wildman–Crippen MR) is 101 cm³/mol. The van der Waals surface area contributed by atoms with Gasteiger partial charge < -0.3 is 9.90 Å². The topological polar surface area (TPSA) is 77.5 Å². The number of carboxylic acids is 1. The Kier molecular flexibility index (Phi) is 5.82. The summed E-state index contributed by atoms with van der Waals surface area (Å²) in [6.07, 6.45) is 4.11. The molecule has 0 unspecified atom stereocenters. The quantitative estimate of drug-likeness (QED) is 0.710. The Balaban J connectivity index is 1.96. The second-order valence-corrected chi connectivity index (χ2v) is 9.61. The molecule has 3 rings (SSSR count). The summed E-state index contributed by atoms with van der Waals surface area (Å²) in [5.41, 5.74) is 0.436. The van der Waals surface area contributed by atoms with Gasteiger partial charge in [0.1, 0.15) is 4.21 Å². The Morgan fingerprint density at radius 2 is 1.81 bits per heavy atom. The minimum atomic E-state index is -3.60. The smallest absolute Gasteiger partial charge is 0.252 e. The van der Waals surface area contributed by atoms with Gasteiger partial charge in [-0.1, -0.05) is 36.2 Å². The van der Waals surface area contributed by atoms with Gasteiger partial charge in [0.2, 0.25) is 0 Å². The molecule has 0 radical (unpaired) electrons. The van der Waals surface area contributed by atoms with Gasteiger partial charge in [-0.25, -0.2) is 8.42 Å². The summed E-state index contributed by atoms with van der Waals surface area (Å²) in [7, 11) is -3.60. The number of carbonyl (C=O) groups is 1. The van der Waals surface area contributed by atoms with E-state index in [2.05, 4.69) is 0 Å². The fraction of sp³-hybridized carbons (Fsp3) is 0.278. The Bertz CT molecular complexity index is 944. The van der Waals surface area contributed by atoms with Gasteiger partial charge in [0.05, 0.1) is 5.97 Å². The molecular weight excluding hydrogens is 394 g/mol. The van der Waals surface area contributed by atoms with Gasteiger partial charge in [-0.15, -0.1) is 11.3 Å². The maximum atomic E-state index is 12.7.